The highest BCUT2D eigenvalue weighted by atomic mass is 32.1. The third-order valence-electron chi connectivity index (χ3n) is 3.64. The Morgan fingerprint density at radius 2 is 2.41 bits per heavy atom. The smallest absolute Gasteiger partial charge is 0.196 e. The molecule has 3 rings (SSSR count). The van der Waals surface area contributed by atoms with Crippen LogP contribution in [0.1, 0.15) is 30.3 Å². The molecule has 0 aliphatic heterocycles. The number of thiazole rings is 1. The van der Waals surface area contributed by atoms with E-state index in [1.807, 2.05) is 23.0 Å². The van der Waals surface area contributed by atoms with Gasteiger partial charge in [-0.1, -0.05) is 0 Å². The first kappa shape index (κ1) is 10.8. The molecule has 0 spiro atoms. The molecular formula is C12H15N3OS. The van der Waals surface area contributed by atoms with Crippen LogP contribution in [0.25, 0.3) is 4.96 Å². The molecule has 90 valence electrons. The maximum atomic E-state index is 11.2. The summed E-state index contributed by atoms with van der Waals surface area (Å²) in [4.78, 5) is 18.8. The first-order valence-corrected chi connectivity index (χ1v) is 6.74. The molecule has 0 radical (unpaired) electrons. The van der Waals surface area contributed by atoms with Gasteiger partial charge in [0.05, 0.1) is 0 Å². The van der Waals surface area contributed by atoms with E-state index in [9.17, 15) is 4.79 Å². The summed E-state index contributed by atoms with van der Waals surface area (Å²) < 4.78 is 1.86. The summed E-state index contributed by atoms with van der Waals surface area (Å²) in [5, 5.41) is 1.95. The van der Waals surface area contributed by atoms with Crippen molar-refractivity contribution in [2.24, 2.45) is 5.92 Å². The van der Waals surface area contributed by atoms with E-state index >= 15 is 0 Å². The fraction of sp³-hybridized carbons (Fsp3) is 0.500. The van der Waals surface area contributed by atoms with Crippen LogP contribution < -0.4 is 4.90 Å². The average molecular weight is 249 g/mol. The van der Waals surface area contributed by atoms with Crippen molar-refractivity contribution in [2.75, 3.05) is 11.9 Å². The molecule has 2 aromatic rings. The minimum atomic E-state index is 0.457. The van der Waals surface area contributed by atoms with Crippen molar-refractivity contribution >= 4 is 28.4 Å². The lowest BCUT2D eigenvalue weighted by Gasteiger charge is -2.25. The maximum Gasteiger partial charge on any atom is 0.196 e. The molecule has 0 saturated heterocycles. The zero-order chi connectivity index (χ0) is 12.0. The highest BCUT2D eigenvalue weighted by molar-refractivity contribution is 7.15. The summed E-state index contributed by atoms with van der Waals surface area (Å²) in [6, 6.07) is 0.457. The number of anilines is 1. The van der Waals surface area contributed by atoms with Crippen molar-refractivity contribution in [3.8, 4) is 0 Å². The lowest BCUT2D eigenvalue weighted by molar-refractivity contribution is 0.111. The van der Waals surface area contributed by atoms with Gasteiger partial charge in [-0.2, -0.15) is 0 Å². The minimum Gasteiger partial charge on any atom is -0.355 e. The minimum absolute atomic E-state index is 0.457. The summed E-state index contributed by atoms with van der Waals surface area (Å²) in [6.07, 6.45) is 5.39. The molecule has 5 heteroatoms. The third-order valence-corrected chi connectivity index (χ3v) is 4.40. The van der Waals surface area contributed by atoms with Gasteiger partial charge in [0.2, 0.25) is 0 Å². The van der Waals surface area contributed by atoms with Gasteiger partial charge in [-0.05, 0) is 25.7 Å². The van der Waals surface area contributed by atoms with E-state index in [1.165, 1.54) is 12.8 Å². The lowest BCUT2D eigenvalue weighted by Crippen LogP contribution is -2.31. The van der Waals surface area contributed by atoms with Crippen LogP contribution in [0.5, 0.6) is 0 Å². The maximum absolute atomic E-state index is 11.2. The molecule has 1 unspecified atom stereocenters. The first-order chi connectivity index (χ1) is 8.22. The second kappa shape index (κ2) is 3.84. The molecule has 2 heterocycles. The van der Waals surface area contributed by atoms with Gasteiger partial charge in [-0.25, -0.2) is 4.98 Å². The molecule has 0 amide bonds. The predicted molar refractivity (Wildman–Crippen MR) is 69.0 cm³/mol. The Morgan fingerprint density at radius 1 is 1.65 bits per heavy atom. The number of hydrogen-bond acceptors (Lipinski definition) is 4. The van der Waals surface area contributed by atoms with Gasteiger partial charge in [-0.3, -0.25) is 9.20 Å². The molecule has 0 N–H and O–H groups in total. The van der Waals surface area contributed by atoms with Crippen molar-refractivity contribution in [1.29, 1.82) is 0 Å². The number of imidazole rings is 1. The Labute approximate surface area is 104 Å². The van der Waals surface area contributed by atoms with E-state index in [1.54, 1.807) is 11.3 Å². The van der Waals surface area contributed by atoms with Crippen LogP contribution in [0.3, 0.4) is 0 Å². The van der Waals surface area contributed by atoms with Crippen molar-refractivity contribution in [3.05, 3.63) is 17.3 Å². The molecule has 2 aromatic heterocycles. The standard InChI is InChI=1S/C12H15N3OS/c1-8(9-3-4-9)14(2)11-10(7-16)15-5-6-17-12(15)13-11/h5-9H,3-4H2,1-2H3. The quantitative estimate of drug-likeness (QED) is 0.781. The molecule has 0 bridgehead atoms. The number of hydrogen-bond donors (Lipinski definition) is 0. The zero-order valence-electron chi connectivity index (χ0n) is 9.96. The Morgan fingerprint density at radius 3 is 3.06 bits per heavy atom. The molecule has 4 nitrogen and oxygen atoms in total. The number of aldehydes is 1. The van der Waals surface area contributed by atoms with Crippen molar-refractivity contribution in [1.82, 2.24) is 9.38 Å². The zero-order valence-corrected chi connectivity index (χ0v) is 10.8. The fourth-order valence-corrected chi connectivity index (χ4v) is 2.96. The fourth-order valence-electron chi connectivity index (χ4n) is 2.25. The molecule has 17 heavy (non-hydrogen) atoms. The lowest BCUT2D eigenvalue weighted by atomic mass is 10.2. The highest BCUT2D eigenvalue weighted by Crippen LogP contribution is 2.36. The molecule has 1 aliphatic rings. The second-order valence-corrected chi connectivity index (χ2v) is 5.56. The van der Waals surface area contributed by atoms with Crippen LogP contribution in [0.2, 0.25) is 0 Å². The van der Waals surface area contributed by atoms with Crippen molar-refractivity contribution in [3.63, 3.8) is 0 Å². The molecule has 1 aliphatic carbocycles. The van der Waals surface area contributed by atoms with Crippen LogP contribution in [-0.4, -0.2) is 28.8 Å². The number of fused-ring (bicyclic) bond motifs is 1. The van der Waals surface area contributed by atoms with E-state index in [0.717, 1.165) is 23.0 Å². The number of carbonyl (C=O) groups excluding carboxylic acids is 1. The Balaban J connectivity index is 2.02. The summed E-state index contributed by atoms with van der Waals surface area (Å²) in [5.74, 6) is 1.57. The van der Waals surface area contributed by atoms with E-state index in [2.05, 4.69) is 16.8 Å². The highest BCUT2D eigenvalue weighted by Gasteiger charge is 2.32. The average Bonchev–Trinajstić information content (AvgIpc) is 2.97. The largest absolute Gasteiger partial charge is 0.355 e. The number of rotatable bonds is 4. The Kier molecular flexibility index (Phi) is 2.43. The van der Waals surface area contributed by atoms with Crippen LogP contribution in [0, 0.1) is 5.92 Å². The summed E-state index contributed by atoms with van der Waals surface area (Å²) in [5.41, 5.74) is 0.663. The summed E-state index contributed by atoms with van der Waals surface area (Å²) >= 11 is 1.56. The van der Waals surface area contributed by atoms with Crippen LogP contribution in [0.15, 0.2) is 11.6 Å². The summed E-state index contributed by atoms with van der Waals surface area (Å²) in [6.45, 7) is 2.21. The Bertz CT molecular complexity index is 555. The predicted octanol–water partition coefficient (Wildman–Crippen LogP) is 2.44. The number of carbonyl (C=O) groups is 1. The SMILES string of the molecule is CC(C1CC1)N(C)c1nc2sccn2c1C=O. The van der Waals surface area contributed by atoms with E-state index < -0.39 is 0 Å². The van der Waals surface area contributed by atoms with Gasteiger partial charge in [0.1, 0.15) is 5.69 Å². The van der Waals surface area contributed by atoms with Gasteiger partial charge in [0.25, 0.3) is 0 Å². The topological polar surface area (TPSA) is 37.6 Å². The number of nitrogens with zero attached hydrogens (tertiary/aromatic N) is 3. The Hall–Kier alpha value is -1.36. The van der Waals surface area contributed by atoms with E-state index in [-0.39, 0.29) is 0 Å². The van der Waals surface area contributed by atoms with Crippen molar-refractivity contribution in [2.45, 2.75) is 25.8 Å². The molecule has 0 aromatic carbocycles. The van der Waals surface area contributed by atoms with E-state index in [0.29, 0.717) is 11.7 Å². The van der Waals surface area contributed by atoms with Gasteiger partial charge < -0.3 is 4.90 Å². The normalized spacial score (nSPS) is 17.3. The molecule has 1 saturated carbocycles. The summed E-state index contributed by atoms with van der Waals surface area (Å²) in [7, 11) is 2.03. The van der Waals surface area contributed by atoms with Gasteiger partial charge in [0, 0.05) is 24.7 Å². The number of aromatic nitrogens is 2. The van der Waals surface area contributed by atoms with Crippen LogP contribution >= 0.6 is 11.3 Å². The van der Waals surface area contributed by atoms with Gasteiger partial charge in [0.15, 0.2) is 17.1 Å². The van der Waals surface area contributed by atoms with E-state index in [4.69, 9.17) is 0 Å². The van der Waals surface area contributed by atoms with Gasteiger partial charge >= 0.3 is 0 Å². The second-order valence-electron chi connectivity index (χ2n) is 4.68. The molecule has 1 atom stereocenters. The third kappa shape index (κ3) is 1.65. The monoisotopic (exact) mass is 249 g/mol. The first-order valence-electron chi connectivity index (χ1n) is 5.86. The van der Waals surface area contributed by atoms with Crippen LogP contribution in [-0.2, 0) is 0 Å². The molecular weight excluding hydrogens is 234 g/mol. The van der Waals surface area contributed by atoms with Gasteiger partial charge in [-0.15, -0.1) is 11.3 Å². The molecule has 1 fully saturated rings. The van der Waals surface area contributed by atoms with Crippen molar-refractivity contribution < 1.29 is 4.79 Å². The van der Waals surface area contributed by atoms with Crippen LogP contribution in [0.4, 0.5) is 5.82 Å².